The number of rotatable bonds is 2. The van der Waals surface area contributed by atoms with E-state index in [2.05, 4.69) is 0 Å². The molecule has 1 aliphatic carbocycles. The van der Waals surface area contributed by atoms with Crippen LogP contribution < -0.4 is 4.90 Å². The Morgan fingerprint density at radius 3 is 2.68 bits per heavy atom. The molecule has 0 saturated heterocycles. The summed E-state index contributed by atoms with van der Waals surface area (Å²) < 4.78 is 0. The number of hydrogen-bond acceptors (Lipinski definition) is 2. The van der Waals surface area contributed by atoms with Crippen molar-refractivity contribution in [2.45, 2.75) is 38.5 Å². The third-order valence-electron chi connectivity index (χ3n) is 4.43. The molecule has 0 atom stereocenters. The van der Waals surface area contributed by atoms with Crippen LogP contribution in [0.3, 0.4) is 0 Å². The lowest BCUT2D eigenvalue weighted by Crippen LogP contribution is -2.31. The standard InChI is InChI=1S/C16H19NO2/c1-17-14-8-6-13(10-12(14)7-9-15(17)18)16(19)11-4-2-3-5-11/h6,8,10-11H,2-5,7,9H2,1H3. The summed E-state index contributed by atoms with van der Waals surface area (Å²) in [6.07, 6.45) is 5.73. The minimum Gasteiger partial charge on any atom is -0.315 e. The molecule has 1 aromatic carbocycles. The minimum atomic E-state index is 0.155. The van der Waals surface area contributed by atoms with Crippen LogP contribution in [0.2, 0.25) is 0 Å². The predicted octanol–water partition coefficient (Wildman–Crippen LogP) is 2.97. The Balaban J connectivity index is 1.89. The van der Waals surface area contributed by atoms with Gasteiger partial charge in [-0.3, -0.25) is 9.59 Å². The van der Waals surface area contributed by atoms with Crippen LogP contribution in [0.25, 0.3) is 0 Å². The summed E-state index contributed by atoms with van der Waals surface area (Å²) in [4.78, 5) is 25.7. The molecule has 3 rings (SSSR count). The van der Waals surface area contributed by atoms with E-state index in [1.165, 1.54) is 12.8 Å². The van der Waals surface area contributed by atoms with Gasteiger partial charge in [-0.1, -0.05) is 12.8 Å². The van der Waals surface area contributed by atoms with Crippen LogP contribution in [-0.4, -0.2) is 18.7 Å². The molecule has 100 valence electrons. The van der Waals surface area contributed by atoms with Gasteiger partial charge in [0, 0.05) is 30.6 Å². The number of nitrogens with zero attached hydrogens (tertiary/aromatic N) is 1. The molecule has 0 radical (unpaired) electrons. The molecule has 1 fully saturated rings. The molecule has 3 nitrogen and oxygen atoms in total. The summed E-state index contributed by atoms with van der Waals surface area (Å²) in [5.41, 5.74) is 2.92. The highest BCUT2D eigenvalue weighted by Gasteiger charge is 2.26. The number of Topliss-reactive ketones (excluding diaryl/α,β-unsaturated/α-hetero) is 1. The average molecular weight is 257 g/mol. The van der Waals surface area contributed by atoms with Crippen molar-refractivity contribution in [3.63, 3.8) is 0 Å². The van der Waals surface area contributed by atoms with Gasteiger partial charge >= 0.3 is 0 Å². The summed E-state index contributed by atoms with van der Waals surface area (Å²) >= 11 is 0. The molecule has 1 heterocycles. The first-order valence-corrected chi connectivity index (χ1v) is 7.10. The summed E-state index contributed by atoms with van der Waals surface area (Å²) in [6.45, 7) is 0. The van der Waals surface area contributed by atoms with Crippen molar-refractivity contribution in [2.24, 2.45) is 5.92 Å². The second-order valence-electron chi connectivity index (χ2n) is 5.64. The molecule has 1 aliphatic heterocycles. The highest BCUT2D eigenvalue weighted by atomic mass is 16.2. The van der Waals surface area contributed by atoms with Gasteiger partial charge in [-0.25, -0.2) is 0 Å². The molecule has 0 spiro atoms. The molecular weight excluding hydrogens is 238 g/mol. The van der Waals surface area contributed by atoms with E-state index >= 15 is 0 Å². The van der Waals surface area contributed by atoms with Crippen LogP contribution in [0.1, 0.15) is 48.0 Å². The average Bonchev–Trinajstić information content (AvgIpc) is 2.96. The van der Waals surface area contributed by atoms with Gasteiger partial charge in [0.2, 0.25) is 5.91 Å². The lowest BCUT2D eigenvalue weighted by Gasteiger charge is -2.26. The number of fused-ring (bicyclic) bond motifs is 1. The monoisotopic (exact) mass is 257 g/mol. The Morgan fingerprint density at radius 1 is 1.21 bits per heavy atom. The van der Waals surface area contributed by atoms with E-state index in [0.29, 0.717) is 12.2 Å². The summed E-state index contributed by atoms with van der Waals surface area (Å²) in [7, 11) is 1.80. The van der Waals surface area contributed by atoms with Gasteiger partial charge in [-0.2, -0.15) is 0 Å². The van der Waals surface area contributed by atoms with E-state index in [1.54, 1.807) is 11.9 Å². The maximum Gasteiger partial charge on any atom is 0.227 e. The molecule has 1 amide bonds. The second-order valence-corrected chi connectivity index (χ2v) is 5.64. The van der Waals surface area contributed by atoms with Crippen molar-refractivity contribution >= 4 is 17.4 Å². The third-order valence-corrected chi connectivity index (χ3v) is 4.43. The van der Waals surface area contributed by atoms with Gasteiger partial charge in [-0.05, 0) is 43.0 Å². The molecule has 1 saturated carbocycles. The SMILES string of the molecule is CN1C(=O)CCc2cc(C(=O)C3CCCC3)ccc21. The molecule has 0 N–H and O–H groups in total. The first-order valence-electron chi connectivity index (χ1n) is 7.10. The van der Waals surface area contributed by atoms with Gasteiger partial charge in [0.15, 0.2) is 5.78 Å². The highest BCUT2D eigenvalue weighted by molar-refractivity contribution is 6.00. The molecule has 0 bridgehead atoms. The molecule has 0 aromatic heterocycles. The van der Waals surface area contributed by atoms with Crippen LogP contribution in [0.4, 0.5) is 5.69 Å². The molecular formula is C16H19NO2. The molecule has 1 aromatic rings. The fourth-order valence-electron chi connectivity index (χ4n) is 3.23. The Morgan fingerprint density at radius 2 is 1.95 bits per heavy atom. The number of aryl methyl sites for hydroxylation is 1. The van der Waals surface area contributed by atoms with Gasteiger partial charge in [-0.15, -0.1) is 0 Å². The Bertz CT molecular complexity index is 530. The van der Waals surface area contributed by atoms with Crippen LogP contribution in [-0.2, 0) is 11.2 Å². The largest absolute Gasteiger partial charge is 0.315 e. The van der Waals surface area contributed by atoms with E-state index < -0.39 is 0 Å². The minimum absolute atomic E-state index is 0.155. The molecule has 19 heavy (non-hydrogen) atoms. The highest BCUT2D eigenvalue weighted by Crippen LogP contribution is 2.31. The van der Waals surface area contributed by atoms with Crippen molar-refractivity contribution in [1.82, 2.24) is 0 Å². The van der Waals surface area contributed by atoms with Gasteiger partial charge in [0.05, 0.1) is 0 Å². The number of amides is 1. The van der Waals surface area contributed by atoms with E-state index in [9.17, 15) is 9.59 Å². The van der Waals surface area contributed by atoms with Gasteiger partial charge < -0.3 is 4.90 Å². The van der Waals surface area contributed by atoms with Crippen LogP contribution >= 0.6 is 0 Å². The zero-order valence-electron chi connectivity index (χ0n) is 11.3. The lowest BCUT2D eigenvalue weighted by molar-refractivity contribution is -0.118. The first kappa shape index (κ1) is 12.4. The summed E-state index contributed by atoms with van der Waals surface area (Å²) in [5, 5.41) is 0. The van der Waals surface area contributed by atoms with Crippen molar-refractivity contribution in [3.8, 4) is 0 Å². The van der Waals surface area contributed by atoms with Crippen LogP contribution in [0.5, 0.6) is 0 Å². The van der Waals surface area contributed by atoms with E-state index in [-0.39, 0.29) is 11.8 Å². The zero-order valence-corrected chi connectivity index (χ0v) is 11.3. The van der Waals surface area contributed by atoms with Gasteiger partial charge in [0.25, 0.3) is 0 Å². The number of ketones is 1. The number of benzene rings is 1. The number of carbonyl (C=O) groups is 2. The van der Waals surface area contributed by atoms with Crippen molar-refractivity contribution in [2.75, 3.05) is 11.9 Å². The molecule has 3 heteroatoms. The third kappa shape index (κ3) is 2.18. The van der Waals surface area contributed by atoms with Gasteiger partial charge in [0.1, 0.15) is 0 Å². The fourth-order valence-corrected chi connectivity index (χ4v) is 3.23. The summed E-state index contributed by atoms with van der Waals surface area (Å²) in [5.74, 6) is 0.670. The first-order chi connectivity index (χ1) is 9.16. The normalized spacial score (nSPS) is 19.6. The number of carbonyl (C=O) groups excluding carboxylic acids is 2. The van der Waals surface area contributed by atoms with Crippen LogP contribution in [0, 0.1) is 5.92 Å². The quantitative estimate of drug-likeness (QED) is 0.764. The Labute approximate surface area is 113 Å². The van der Waals surface area contributed by atoms with E-state index in [4.69, 9.17) is 0 Å². The van der Waals surface area contributed by atoms with Crippen molar-refractivity contribution in [3.05, 3.63) is 29.3 Å². The topological polar surface area (TPSA) is 37.4 Å². The smallest absolute Gasteiger partial charge is 0.227 e. The van der Waals surface area contributed by atoms with E-state index in [1.807, 2.05) is 18.2 Å². The van der Waals surface area contributed by atoms with Crippen molar-refractivity contribution < 1.29 is 9.59 Å². The molecule has 0 unspecified atom stereocenters. The lowest BCUT2D eigenvalue weighted by atomic mass is 9.92. The number of anilines is 1. The van der Waals surface area contributed by atoms with Crippen LogP contribution in [0.15, 0.2) is 18.2 Å². The maximum absolute atomic E-state index is 12.4. The maximum atomic E-state index is 12.4. The second kappa shape index (κ2) is 4.80. The molecule has 2 aliphatic rings. The predicted molar refractivity (Wildman–Crippen MR) is 74.5 cm³/mol. The Kier molecular flexibility index (Phi) is 3.13. The zero-order chi connectivity index (χ0) is 13.4. The number of hydrogen-bond donors (Lipinski definition) is 0. The van der Waals surface area contributed by atoms with E-state index in [0.717, 1.165) is 36.1 Å². The van der Waals surface area contributed by atoms with Crippen molar-refractivity contribution in [1.29, 1.82) is 0 Å². The summed E-state index contributed by atoms with van der Waals surface area (Å²) in [6, 6.07) is 5.81. The fraction of sp³-hybridized carbons (Fsp3) is 0.500. The Hall–Kier alpha value is -1.64.